The van der Waals surface area contributed by atoms with E-state index in [0.717, 1.165) is 5.69 Å². The van der Waals surface area contributed by atoms with E-state index in [2.05, 4.69) is 9.97 Å². The molecular weight excluding hydrogens is 472 g/mol. The number of nitrogens with zero attached hydrogens (tertiary/aromatic N) is 2. The number of halogens is 4. The summed E-state index contributed by atoms with van der Waals surface area (Å²) in [5.74, 6) is -1.80. The lowest BCUT2D eigenvalue weighted by atomic mass is 9.94. The first kappa shape index (κ1) is 21.0. The van der Waals surface area contributed by atoms with Crippen LogP contribution in [0.2, 0.25) is 20.1 Å². The van der Waals surface area contributed by atoms with Gasteiger partial charge in [0.1, 0.15) is 6.04 Å². The Hall–Kier alpha value is -2.25. The van der Waals surface area contributed by atoms with Crippen molar-refractivity contribution in [1.29, 1.82) is 0 Å². The van der Waals surface area contributed by atoms with E-state index in [-0.39, 0.29) is 21.2 Å². The molecule has 30 heavy (non-hydrogen) atoms. The summed E-state index contributed by atoms with van der Waals surface area (Å²) in [6.07, 6.45) is 2.04. The molecule has 0 aliphatic carbocycles. The first-order valence-corrected chi connectivity index (χ1v) is 10.3. The van der Waals surface area contributed by atoms with E-state index in [1.54, 1.807) is 24.5 Å². The first-order valence-electron chi connectivity index (χ1n) is 8.79. The highest BCUT2D eigenvalue weighted by molar-refractivity contribution is 6.43. The number of amides is 1. The molecule has 2 heterocycles. The van der Waals surface area contributed by atoms with Crippen molar-refractivity contribution >= 4 is 58.3 Å². The predicted octanol–water partition coefficient (Wildman–Crippen LogP) is 5.51. The van der Waals surface area contributed by atoms with Gasteiger partial charge in [0, 0.05) is 18.5 Å². The molecule has 154 valence electrons. The average molecular weight is 485 g/mol. The van der Waals surface area contributed by atoms with Crippen LogP contribution in [0.5, 0.6) is 0 Å². The Morgan fingerprint density at radius 1 is 1.07 bits per heavy atom. The second-order valence-electron chi connectivity index (χ2n) is 6.67. The molecule has 0 saturated heterocycles. The monoisotopic (exact) mass is 483 g/mol. The molecule has 1 amide bonds. The zero-order chi connectivity index (χ0) is 21.6. The summed E-state index contributed by atoms with van der Waals surface area (Å²) < 4.78 is 0. The Morgan fingerprint density at radius 2 is 1.77 bits per heavy atom. The van der Waals surface area contributed by atoms with Gasteiger partial charge in [0.05, 0.1) is 48.9 Å². The minimum absolute atomic E-state index is 0.0505. The van der Waals surface area contributed by atoms with Crippen molar-refractivity contribution in [3.05, 3.63) is 84.8 Å². The summed E-state index contributed by atoms with van der Waals surface area (Å²) in [6.45, 7) is 0.295. The number of fused-ring (bicyclic) bond motifs is 1. The van der Waals surface area contributed by atoms with E-state index in [0.29, 0.717) is 34.3 Å². The van der Waals surface area contributed by atoms with Crippen molar-refractivity contribution in [3.63, 3.8) is 0 Å². The van der Waals surface area contributed by atoms with Crippen molar-refractivity contribution in [2.45, 2.75) is 12.5 Å². The summed E-state index contributed by atoms with van der Waals surface area (Å²) in [7, 11) is 0. The van der Waals surface area contributed by atoms with Gasteiger partial charge in [0.25, 0.3) is 5.91 Å². The van der Waals surface area contributed by atoms with Gasteiger partial charge in [-0.25, -0.2) is 9.78 Å². The Morgan fingerprint density at radius 3 is 2.47 bits per heavy atom. The number of benzene rings is 2. The Balaban J connectivity index is 1.88. The van der Waals surface area contributed by atoms with Crippen LogP contribution in [-0.4, -0.2) is 38.4 Å². The molecule has 0 spiro atoms. The highest BCUT2D eigenvalue weighted by Gasteiger charge is 2.37. The van der Waals surface area contributed by atoms with Crippen LogP contribution in [0.4, 0.5) is 0 Å². The third-order valence-electron chi connectivity index (χ3n) is 4.98. The lowest BCUT2D eigenvalue weighted by Gasteiger charge is -2.36. The number of hydrogen-bond donors (Lipinski definition) is 2. The van der Waals surface area contributed by atoms with Gasteiger partial charge in [-0.3, -0.25) is 4.79 Å². The summed E-state index contributed by atoms with van der Waals surface area (Å²) in [4.78, 5) is 34.2. The normalized spacial score (nSPS) is 15.7. The number of carbonyl (C=O) groups excluding carboxylic acids is 1. The van der Waals surface area contributed by atoms with Crippen LogP contribution in [0.3, 0.4) is 0 Å². The number of carboxylic acid groups (broad SMARTS) is 1. The number of H-pyrrole nitrogens is 1. The van der Waals surface area contributed by atoms with E-state index in [9.17, 15) is 14.7 Å². The van der Waals surface area contributed by atoms with Gasteiger partial charge in [0.15, 0.2) is 0 Å². The molecule has 1 atom stereocenters. The largest absolute Gasteiger partial charge is 0.478 e. The van der Waals surface area contributed by atoms with Crippen molar-refractivity contribution < 1.29 is 14.7 Å². The fraction of sp³-hybridized carbons (Fsp3) is 0.150. The first-order chi connectivity index (χ1) is 14.3. The van der Waals surface area contributed by atoms with Crippen molar-refractivity contribution in [1.82, 2.24) is 14.9 Å². The third kappa shape index (κ3) is 3.54. The van der Waals surface area contributed by atoms with E-state index in [1.165, 1.54) is 17.0 Å². The zero-order valence-electron chi connectivity index (χ0n) is 15.1. The Labute approximate surface area is 191 Å². The van der Waals surface area contributed by atoms with Crippen molar-refractivity contribution in [2.24, 2.45) is 0 Å². The fourth-order valence-corrected chi connectivity index (χ4v) is 4.35. The second kappa shape index (κ2) is 8.12. The molecular formula is C20H13Cl4N3O3. The van der Waals surface area contributed by atoms with Gasteiger partial charge in [-0.1, -0.05) is 58.5 Å². The molecule has 10 heteroatoms. The molecule has 0 radical (unpaired) electrons. The van der Waals surface area contributed by atoms with Crippen LogP contribution < -0.4 is 0 Å². The maximum Gasteiger partial charge on any atom is 0.336 e. The maximum atomic E-state index is 13.6. The number of nitrogens with one attached hydrogen (secondary N) is 1. The lowest BCUT2D eigenvalue weighted by molar-refractivity contribution is 0.0651. The van der Waals surface area contributed by atoms with Crippen molar-refractivity contribution in [2.75, 3.05) is 6.54 Å². The molecule has 4 rings (SSSR count). The van der Waals surface area contributed by atoms with Gasteiger partial charge in [-0.15, -0.1) is 0 Å². The number of aromatic carboxylic acids is 1. The third-order valence-corrected chi connectivity index (χ3v) is 6.54. The average Bonchev–Trinajstić information content (AvgIpc) is 3.19. The summed E-state index contributed by atoms with van der Waals surface area (Å²) in [5.41, 5.74) is 1.78. The molecule has 3 aromatic rings. The van der Waals surface area contributed by atoms with E-state index >= 15 is 0 Å². The van der Waals surface area contributed by atoms with Gasteiger partial charge in [-0.05, 0) is 18.2 Å². The highest BCUT2D eigenvalue weighted by Crippen LogP contribution is 2.40. The number of carboxylic acids is 1. The number of imidazole rings is 1. The highest BCUT2D eigenvalue weighted by atomic mass is 35.5. The summed E-state index contributed by atoms with van der Waals surface area (Å²) in [5, 5.41) is 10.4. The minimum atomic E-state index is -1.28. The van der Waals surface area contributed by atoms with Crippen LogP contribution in [0, 0.1) is 0 Å². The number of aromatic amines is 1. The molecule has 2 aromatic carbocycles. The lowest BCUT2D eigenvalue weighted by Crippen LogP contribution is -2.41. The second-order valence-corrected chi connectivity index (χ2v) is 8.27. The van der Waals surface area contributed by atoms with Crippen molar-refractivity contribution in [3.8, 4) is 0 Å². The summed E-state index contributed by atoms with van der Waals surface area (Å²) in [6, 6.07) is 6.96. The molecule has 1 aliphatic rings. The van der Waals surface area contributed by atoms with Gasteiger partial charge < -0.3 is 15.0 Å². The van der Waals surface area contributed by atoms with Gasteiger partial charge >= 0.3 is 5.97 Å². The number of aromatic nitrogens is 2. The van der Waals surface area contributed by atoms with Gasteiger partial charge in [-0.2, -0.15) is 0 Å². The number of rotatable bonds is 3. The van der Waals surface area contributed by atoms with Crippen LogP contribution in [0.25, 0.3) is 0 Å². The summed E-state index contributed by atoms with van der Waals surface area (Å²) >= 11 is 24.7. The SMILES string of the molecule is O=C(O)c1cc(Cl)c(Cl)cc1C(=O)N1CCc2nc[nH]c2C1c1cccc(Cl)c1Cl. The van der Waals surface area contributed by atoms with Crippen LogP contribution in [-0.2, 0) is 6.42 Å². The quantitative estimate of drug-likeness (QED) is 0.513. The fourth-order valence-electron chi connectivity index (χ4n) is 3.61. The smallest absolute Gasteiger partial charge is 0.336 e. The molecule has 2 N–H and O–H groups in total. The van der Waals surface area contributed by atoms with Crippen LogP contribution in [0.1, 0.15) is 43.7 Å². The molecule has 1 aliphatic heterocycles. The maximum absolute atomic E-state index is 13.6. The molecule has 6 nitrogen and oxygen atoms in total. The van der Waals surface area contributed by atoms with E-state index in [1.807, 2.05) is 0 Å². The van der Waals surface area contributed by atoms with Crippen LogP contribution in [0.15, 0.2) is 36.7 Å². The Kier molecular flexibility index (Phi) is 5.68. The van der Waals surface area contributed by atoms with Gasteiger partial charge in [0.2, 0.25) is 0 Å². The molecule has 0 bridgehead atoms. The molecule has 1 unspecified atom stereocenters. The molecule has 0 saturated carbocycles. The zero-order valence-corrected chi connectivity index (χ0v) is 18.1. The minimum Gasteiger partial charge on any atom is -0.478 e. The molecule has 1 aromatic heterocycles. The standard InChI is InChI=1S/C20H13Cl4N3O3/c21-12-3-1-2-9(16(12)24)18-17-15(25-8-26-17)4-5-27(18)19(28)10-6-13(22)14(23)7-11(10)20(29)30/h1-3,6-8,18H,4-5H2,(H,25,26)(H,29,30). The van der Waals surface area contributed by atoms with E-state index in [4.69, 9.17) is 46.4 Å². The predicted molar refractivity (Wildman–Crippen MR) is 115 cm³/mol. The Bertz CT molecular complexity index is 1180. The van der Waals surface area contributed by atoms with E-state index < -0.39 is 17.9 Å². The molecule has 0 fully saturated rings. The topological polar surface area (TPSA) is 86.3 Å². The number of carbonyl (C=O) groups is 2. The van der Waals surface area contributed by atoms with Crippen LogP contribution >= 0.6 is 46.4 Å². The number of hydrogen-bond acceptors (Lipinski definition) is 3.